The molecule has 106 valence electrons. The molecule has 0 radical (unpaired) electrons. The summed E-state index contributed by atoms with van der Waals surface area (Å²) in [6.07, 6.45) is -3.01. The predicted octanol–water partition coefficient (Wildman–Crippen LogP) is 1.83. The maximum absolute atomic E-state index is 12.0. The van der Waals surface area contributed by atoms with Crippen LogP contribution in [-0.4, -0.2) is 47.8 Å². The van der Waals surface area contributed by atoms with E-state index in [-0.39, 0.29) is 6.42 Å². The van der Waals surface area contributed by atoms with Crippen molar-refractivity contribution in [3.8, 4) is 0 Å². The maximum atomic E-state index is 12.0. The summed E-state index contributed by atoms with van der Waals surface area (Å²) in [5.74, 6) is -1.25. The standard InChI is InChI=1S/C10H17F3N2O3/c1-3-4-5-7(8(16)17)14-9(18)15(2)6-10(11,12)13/h7H,3-6H2,1-2H3,(H,14,18)(H,16,17). The minimum atomic E-state index is -4.51. The molecule has 0 aliphatic heterocycles. The normalized spacial score (nSPS) is 12.9. The van der Waals surface area contributed by atoms with Crippen molar-refractivity contribution in [2.45, 2.75) is 38.4 Å². The highest BCUT2D eigenvalue weighted by Gasteiger charge is 2.32. The fraction of sp³-hybridized carbons (Fsp3) is 0.800. The lowest BCUT2D eigenvalue weighted by Gasteiger charge is -2.22. The van der Waals surface area contributed by atoms with E-state index in [1.807, 2.05) is 6.92 Å². The number of halogens is 3. The number of nitrogens with zero attached hydrogens (tertiary/aromatic N) is 1. The molecule has 0 rings (SSSR count). The Morgan fingerprint density at radius 1 is 1.39 bits per heavy atom. The van der Waals surface area contributed by atoms with Crippen molar-refractivity contribution in [2.24, 2.45) is 0 Å². The van der Waals surface area contributed by atoms with Crippen LogP contribution in [-0.2, 0) is 4.79 Å². The molecule has 18 heavy (non-hydrogen) atoms. The van der Waals surface area contributed by atoms with Crippen LogP contribution in [0.5, 0.6) is 0 Å². The molecule has 0 aliphatic rings. The first-order valence-electron chi connectivity index (χ1n) is 5.48. The second kappa shape index (κ2) is 7.07. The molecule has 1 atom stereocenters. The van der Waals surface area contributed by atoms with E-state index in [2.05, 4.69) is 5.32 Å². The van der Waals surface area contributed by atoms with Crippen LogP contribution in [0.4, 0.5) is 18.0 Å². The number of aliphatic carboxylic acids is 1. The molecule has 0 heterocycles. The topological polar surface area (TPSA) is 69.6 Å². The number of hydrogen-bond donors (Lipinski definition) is 2. The van der Waals surface area contributed by atoms with Crippen LogP contribution in [0.1, 0.15) is 26.2 Å². The Morgan fingerprint density at radius 2 is 1.94 bits per heavy atom. The van der Waals surface area contributed by atoms with Crippen molar-refractivity contribution in [3.05, 3.63) is 0 Å². The van der Waals surface area contributed by atoms with Gasteiger partial charge >= 0.3 is 18.2 Å². The number of amides is 2. The molecule has 0 bridgehead atoms. The third-order valence-electron chi connectivity index (χ3n) is 2.21. The van der Waals surface area contributed by atoms with Gasteiger partial charge in [0.25, 0.3) is 0 Å². The minimum absolute atomic E-state index is 0.192. The van der Waals surface area contributed by atoms with Gasteiger partial charge in [-0.1, -0.05) is 19.8 Å². The lowest BCUT2D eigenvalue weighted by atomic mass is 10.1. The van der Waals surface area contributed by atoms with Crippen molar-refractivity contribution in [3.63, 3.8) is 0 Å². The van der Waals surface area contributed by atoms with Gasteiger partial charge in [-0.3, -0.25) is 0 Å². The quantitative estimate of drug-likeness (QED) is 0.773. The van der Waals surface area contributed by atoms with E-state index >= 15 is 0 Å². The zero-order valence-corrected chi connectivity index (χ0v) is 10.3. The smallest absolute Gasteiger partial charge is 0.406 e. The van der Waals surface area contributed by atoms with E-state index in [0.29, 0.717) is 11.3 Å². The number of urea groups is 1. The number of carboxylic acids is 1. The SMILES string of the molecule is CCCCC(NC(=O)N(C)CC(F)(F)F)C(=O)O. The summed E-state index contributed by atoms with van der Waals surface area (Å²) in [6, 6.07) is -2.20. The van der Waals surface area contributed by atoms with Crippen molar-refractivity contribution >= 4 is 12.0 Å². The van der Waals surface area contributed by atoms with Crippen LogP contribution in [0.2, 0.25) is 0 Å². The van der Waals surface area contributed by atoms with Crippen LogP contribution in [0.25, 0.3) is 0 Å². The molecule has 1 unspecified atom stereocenters. The van der Waals surface area contributed by atoms with Crippen LogP contribution in [0, 0.1) is 0 Å². The summed E-state index contributed by atoms with van der Waals surface area (Å²) in [5, 5.41) is 10.9. The lowest BCUT2D eigenvalue weighted by Crippen LogP contribution is -2.48. The average molecular weight is 270 g/mol. The van der Waals surface area contributed by atoms with Crippen LogP contribution < -0.4 is 5.32 Å². The Bertz CT molecular complexity index is 295. The Labute approximate surface area is 103 Å². The van der Waals surface area contributed by atoms with Gasteiger partial charge in [-0.15, -0.1) is 0 Å². The van der Waals surface area contributed by atoms with E-state index in [0.717, 1.165) is 13.5 Å². The fourth-order valence-electron chi connectivity index (χ4n) is 1.27. The van der Waals surface area contributed by atoms with Crippen LogP contribution >= 0.6 is 0 Å². The van der Waals surface area contributed by atoms with E-state index in [1.165, 1.54) is 0 Å². The largest absolute Gasteiger partial charge is 0.480 e. The van der Waals surface area contributed by atoms with Crippen LogP contribution in [0.15, 0.2) is 0 Å². The first kappa shape index (κ1) is 16.5. The second-order valence-corrected chi connectivity index (χ2v) is 3.95. The lowest BCUT2D eigenvalue weighted by molar-refractivity contribution is -0.140. The molecule has 0 spiro atoms. The number of carbonyl (C=O) groups is 2. The van der Waals surface area contributed by atoms with Crippen molar-refractivity contribution < 1.29 is 27.9 Å². The average Bonchev–Trinajstić information content (AvgIpc) is 2.20. The highest BCUT2D eigenvalue weighted by Crippen LogP contribution is 2.15. The number of carboxylic acid groups (broad SMARTS) is 1. The van der Waals surface area contributed by atoms with Crippen molar-refractivity contribution in [1.82, 2.24) is 10.2 Å². The summed E-state index contributed by atoms with van der Waals surface area (Å²) in [4.78, 5) is 22.5. The van der Waals surface area contributed by atoms with Gasteiger partial charge in [0.05, 0.1) is 0 Å². The van der Waals surface area contributed by atoms with Crippen LogP contribution in [0.3, 0.4) is 0 Å². The molecular formula is C10H17F3N2O3. The molecular weight excluding hydrogens is 253 g/mol. The summed E-state index contributed by atoms with van der Waals surface area (Å²) in [6.45, 7) is 0.426. The summed E-state index contributed by atoms with van der Waals surface area (Å²) in [5.41, 5.74) is 0. The highest BCUT2D eigenvalue weighted by atomic mass is 19.4. The van der Waals surface area contributed by atoms with Gasteiger partial charge < -0.3 is 15.3 Å². The molecule has 2 amide bonds. The molecule has 8 heteroatoms. The summed E-state index contributed by atoms with van der Waals surface area (Å²) in [7, 11) is 0.960. The Balaban J connectivity index is 4.36. The van der Waals surface area contributed by atoms with Gasteiger partial charge in [-0.2, -0.15) is 13.2 Å². The third-order valence-corrected chi connectivity index (χ3v) is 2.21. The first-order valence-corrected chi connectivity index (χ1v) is 5.48. The van der Waals surface area contributed by atoms with Gasteiger partial charge in [0.1, 0.15) is 12.6 Å². The Kier molecular flexibility index (Phi) is 6.50. The Hall–Kier alpha value is -1.47. The van der Waals surface area contributed by atoms with E-state index < -0.39 is 30.8 Å². The van der Waals surface area contributed by atoms with Gasteiger partial charge in [-0.05, 0) is 6.42 Å². The minimum Gasteiger partial charge on any atom is -0.480 e. The van der Waals surface area contributed by atoms with E-state index in [4.69, 9.17) is 5.11 Å². The highest BCUT2D eigenvalue weighted by molar-refractivity contribution is 5.82. The van der Waals surface area contributed by atoms with Gasteiger partial charge in [0, 0.05) is 7.05 Å². The third kappa shape index (κ3) is 6.97. The number of rotatable bonds is 6. The second-order valence-electron chi connectivity index (χ2n) is 3.95. The first-order chi connectivity index (χ1) is 8.17. The monoisotopic (exact) mass is 270 g/mol. The molecule has 2 N–H and O–H groups in total. The van der Waals surface area contributed by atoms with Gasteiger partial charge in [0.2, 0.25) is 0 Å². The fourth-order valence-corrected chi connectivity index (χ4v) is 1.27. The molecule has 5 nitrogen and oxygen atoms in total. The summed E-state index contributed by atoms with van der Waals surface area (Å²) < 4.78 is 36.1. The molecule has 0 saturated carbocycles. The molecule has 0 fully saturated rings. The van der Waals surface area contributed by atoms with Crippen molar-refractivity contribution in [1.29, 1.82) is 0 Å². The van der Waals surface area contributed by atoms with Gasteiger partial charge in [0.15, 0.2) is 0 Å². The number of nitrogens with one attached hydrogen (secondary N) is 1. The number of unbranched alkanes of at least 4 members (excludes halogenated alkanes) is 1. The Morgan fingerprint density at radius 3 is 2.33 bits per heavy atom. The van der Waals surface area contributed by atoms with Gasteiger partial charge in [-0.25, -0.2) is 9.59 Å². The molecule has 0 aromatic rings. The predicted molar refractivity (Wildman–Crippen MR) is 58.2 cm³/mol. The maximum Gasteiger partial charge on any atom is 0.406 e. The van der Waals surface area contributed by atoms with E-state index in [9.17, 15) is 22.8 Å². The number of hydrogen-bond acceptors (Lipinski definition) is 2. The zero-order valence-electron chi connectivity index (χ0n) is 10.3. The van der Waals surface area contributed by atoms with Crippen molar-refractivity contribution in [2.75, 3.05) is 13.6 Å². The zero-order chi connectivity index (χ0) is 14.3. The van der Waals surface area contributed by atoms with E-state index in [1.54, 1.807) is 0 Å². The molecule has 0 aliphatic carbocycles. The summed E-state index contributed by atoms with van der Waals surface area (Å²) >= 11 is 0. The molecule has 0 aromatic heterocycles. The number of alkyl halides is 3. The number of carbonyl (C=O) groups excluding carboxylic acids is 1. The molecule has 0 aromatic carbocycles. The molecule has 0 saturated heterocycles.